The molecule has 20 heavy (non-hydrogen) atoms. The summed E-state index contributed by atoms with van der Waals surface area (Å²) < 4.78 is 0. The molecule has 4 heteroatoms. The number of benzene rings is 2. The monoisotopic (exact) mass is 262 g/mol. The standard InChI is InChI=1S/C16H14N4/c1-3-7-13(8-4-1)18-15-11-17-12-16(20-15)19-14-9-5-2-6-10-14/h1-12H,(H2,18,19,20). The molecule has 0 amide bonds. The Kier molecular flexibility index (Phi) is 3.55. The lowest BCUT2D eigenvalue weighted by molar-refractivity contribution is 1.19. The van der Waals surface area contributed by atoms with Gasteiger partial charge in [-0.25, -0.2) is 4.98 Å². The molecule has 0 saturated heterocycles. The highest BCUT2D eigenvalue weighted by molar-refractivity contribution is 5.60. The topological polar surface area (TPSA) is 49.8 Å². The van der Waals surface area contributed by atoms with E-state index in [2.05, 4.69) is 20.6 Å². The van der Waals surface area contributed by atoms with Crippen LogP contribution in [-0.2, 0) is 0 Å². The van der Waals surface area contributed by atoms with E-state index in [1.165, 1.54) is 0 Å². The van der Waals surface area contributed by atoms with Crippen LogP contribution in [0.1, 0.15) is 0 Å². The van der Waals surface area contributed by atoms with Crippen molar-refractivity contribution in [2.24, 2.45) is 0 Å². The maximum atomic E-state index is 4.48. The quantitative estimate of drug-likeness (QED) is 0.747. The number of nitrogens with zero attached hydrogens (tertiary/aromatic N) is 2. The van der Waals surface area contributed by atoms with Crippen molar-refractivity contribution >= 4 is 23.0 Å². The maximum absolute atomic E-state index is 4.48. The largest absolute Gasteiger partial charge is 0.339 e. The molecule has 0 aliphatic heterocycles. The molecule has 0 saturated carbocycles. The van der Waals surface area contributed by atoms with Crippen molar-refractivity contribution in [3.05, 3.63) is 73.1 Å². The molecule has 4 nitrogen and oxygen atoms in total. The van der Waals surface area contributed by atoms with Crippen LogP contribution in [0.5, 0.6) is 0 Å². The zero-order valence-electron chi connectivity index (χ0n) is 10.8. The molecule has 3 rings (SSSR count). The van der Waals surface area contributed by atoms with Gasteiger partial charge in [0.15, 0.2) is 11.6 Å². The molecule has 0 aliphatic rings. The number of anilines is 4. The summed E-state index contributed by atoms with van der Waals surface area (Å²) in [7, 11) is 0. The van der Waals surface area contributed by atoms with E-state index in [1.807, 2.05) is 60.7 Å². The first-order valence-corrected chi connectivity index (χ1v) is 6.36. The number of hydrogen-bond acceptors (Lipinski definition) is 4. The van der Waals surface area contributed by atoms with Gasteiger partial charge in [0.25, 0.3) is 0 Å². The highest BCUT2D eigenvalue weighted by Crippen LogP contribution is 2.17. The number of nitrogens with one attached hydrogen (secondary N) is 2. The molecule has 0 atom stereocenters. The Balaban J connectivity index is 1.76. The molecule has 0 fully saturated rings. The Morgan fingerprint density at radius 3 is 1.50 bits per heavy atom. The Hall–Kier alpha value is -2.88. The van der Waals surface area contributed by atoms with Crippen LogP contribution in [0, 0.1) is 0 Å². The van der Waals surface area contributed by atoms with Crippen molar-refractivity contribution in [1.29, 1.82) is 0 Å². The number of hydrogen-bond donors (Lipinski definition) is 2. The third-order valence-electron chi connectivity index (χ3n) is 2.73. The molecular formula is C16H14N4. The smallest absolute Gasteiger partial charge is 0.151 e. The summed E-state index contributed by atoms with van der Waals surface area (Å²) in [5.41, 5.74) is 1.97. The normalized spacial score (nSPS) is 10.0. The third kappa shape index (κ3) is 3.11. The minimum Gasteiger partial charge on any atom is -0.339 e. The van der Waals surface area contributed by atoms with Gasteiger partial charge in [-0.2, -0.15) is 0 Å². The van der Waals surface area contributed by atoms with E-state index in [4.69, 9.17) is 0 Å². The molecule has 0 unspecified atom stereocenters. The predicted molar refractivity (Wildman–Crippen MR) is 81.5 cm³/mol. The number of aromatic nitrogens is 2. The third-order valence-corrected chi connectivity index (χ3v) is 2.73. The molecule has 0 radical (unpaired) electrons. The molecule has 0 aliphatic carbocycles. The minimum absolute atomic E-state index is 0.706. The number of para-hydroxylation sites is 2. The zero-order chi connectivity index (χ0) is 13.6. The summed E-state index contributed by atoms with van der Waals surface area (Å²) in [4.78, 5) is 8.67. The van der Waals surface area contributed by atoms with Crippen LogP contribution >= 0.6 is 0 Å². The van der Waals surface area contributed by atoms with Gasteiger partial charge in [0.1, 0.15) is 0 Å². The molecule has 0 spiro atoms. The van der Waals surface area contributed by atoms with Gasteiger partial charge in [-0.3, -0.25) is 4.98 Å². The van der Waals surface area contributed by atoms with Gasteiger partial charge in [0.2, 0.25) is 0 Å². The summed E-state index contributed by atoms with van der Waals surface area (Å²) in [6.07, 6.45) is 3.40. The second kappa shape index (κ2) is 5.84. The van der Waals surface area contributed by atoms with Crippen LogP contribution in [0.3, 0.4) is 0 Å². The van der Waals surface area contributed by atoms with E-state index in [0.29, 0.717) is 11.6 Å². The molecule has 98 valence electrons. The van der Waals surface area contributed by atoms with Crippen LogP contribution in [0.2, 0.25) is 0 Å². The highest BCUT2D eigenvalue weighted by atomic mass is 15.1. The minimum atomic E-state index is 0.706. The summed E-state index contributed by atoms with van der Waals surface area (Å²) in [6.45, 7) is 0. The Morgan fingerprint density at radius 2 is 1.05 bits per heavy atom. The van der Waals surface area contributed by atoms with Crippen molar-refractivity contribution in [2.45, 2.75) is 0 Å². The van der Waals surface area contributed by atoms with Gasteiger partial charge in [0.05, 0.1) is 12.4 Å². The van der Waals surface area contributed by atoms with Gasteiger partial charge >= 0.3 is 0 Å². The van der Waals surface area contributed by atoms with Crippen molar-refractivity contribution in [1.82, 2.24) is 9.97 Å². The van der Waals surface area contributed by atoms with Gasteiger partial charge < -0.3 is 10.6 Å². The molecule has 1 aromatic heterocycles. The van der Waals surface area contributed by atoms with Crippen LogP contribution < -0.4 is 10.6 Å². The van der Waals surface area contributed by atoms with Crippen molar-refractivity contribution in [2.75, 3.05) is 10.6 Å². The van der Waals surface area contributed by atoms with E-state index in [-0.39, 0.29) is 0 Å². The predicted octanol–water partition coefficient (Wildman–Crippen LogP) is 3.96. The lowest BCUT2D eigenvalue weighted by atomic mass is 10.3. The molecule has 2 aromatic carbocycles. The summed E-state index contributed by atoms with van der Waals surface area (Å²) >= 11 is 0. The average Bonchev–Trinajstić information content (AvgIpc) is 2.50. The number of rotatable bonds is 4. The highest BCUT2D eigenvalue weighted by Gasteiger charge is 1.99. The molecule has 3 aromatic rings. The van der Waals surface area contributed by atoms with E-state index < -0.39 is 0 Å². The van der Waals surface area contributed by atoms with Crippen LogP contribution in [0.4, 0.5) is 23.0 Å². The Morgan fingerprint density at radius 1 is 0.600 bits per heavy atom. The van der Waals surface area contributed by atoms with Gasteiger partial charge in [-0.1, -0.05) is 36.4 Å². The lowest BCUT2D eigenvalue weighted by Gasteiger charge is -2.08. The van der Waals surface area contributed by atoms with E-state index in [0.717, 1.165) is 11.4 Å². The van der Waals surface area contributed by atoms with Crippen molar-refractivity contribution < 1.29 is 0 Å². The summed E-state index contributed by atoms with van der Waals surface area (Å²) in [6, 6.07) is 19.8. The zero-order valence-corrected chi connectivity index (χ0v) is 10.8. The SMILES string of the molecule is c1ccc(Nc2cncc(Nc3ccccc3)n2)cc1. The molecule has 0 bridgehead atoms. The molecular weight excluding hydrogens is 248 g/mol. The van der Waals surface area contributed by atoms with Crippen LogP contribution in [-0.4, -0.2) is 9.97 Å². The van der Waals surface area contributed by atoms with Crippen LogP contribution in [0.15, 0.2) is 73.1 Å². The second-order valence-electron chi connectivity index (χ2n) is 4.27. The van der Waals surface area contributed by atoms with E-state index in [9.17, 15) is 0 Å². The van der Waals surface area contributed by atoms with Crippen molar-refractivity contribution in [3.63, 3.8) is 0 Å². The van der Waals surface area contributed by atoms with Gasteiger partial charge in [0, 0.05) is 11.4 Å². The fourth-order valence-electron chi connectivity index (χ4n) is 1.83. The first kappa shape index (κ1) is 12.2. The molecule has 1 heterocycles. The fourth-order valence-corrected chi connectivity index (χ4v) is 1.83. The first-order chi connectivity index (χ1) is 9.90. The fraction of sp³-hybridized carbons (Fsp3) is 0. The van der Waals surface area contributed by atoms with Crippen molar-refractivity contribution in [3.8, 4) is 0 Å². The Labute approximate surface area is 117 Å². The van der Waals surface area contributed by atoms with Gasteiger partial charge in [-0.05, 0) is 24.3 Å². The Bertz CT molecular complexity index is 612. The van der Waals surface area contributed by atoms with Gasteiger partial charge in [-0.15, -0.1) is 0 Å². The average molecular weight is 262 g/mol. The van der Waals surface area contributed by atoms with E-state index in [1.54, 1.807) is 12.4 Å². The van der Waals surface area contributed by atoms with E-state index >= 15 is 0 Å². The lowest BCUT2D eigenvalue weighted by Crippen LogP contribution is -1.99. The van der Waals surface area contributed by atoms with Crippen LogP contribution in [0.25, 0.3) is 0 Å². The first-order valence-electron chi connectivity index (χ1n) is 6.36. The summed E-state index contributed by atoms with van der Waals surface area (Å²) in [5.74, 6) is 1.41. The summed E-state index contributed by atoms with van der Waals surface area (Å²) in [5, 5.41) is 6.43. The maximum Gasteiger partial charge on any atom is 0.151 e. The second-order valence-corrected chi connectivity index (χ2v) is 4.27. The molecule has 2 N–H and O–H groups in total.